The first-order valence-corrected chi connectivity index (χ1v) is 9.91. The predicted molar refractivity (Wildman–Crippen MR) is 106 cm³/mol. The van der Waals surface area contributed by atoms with E-state index in [0.717, 1.165) is 31.0 Å². The summed E-state index contributed by atoms with van der Waals surface area (Å²) in [5.74, 6) is -2.77. The Bertz CT molecular complexity index is 1020. The average molecular weight is 416 g/mol. The van der Waals surface area contributed by atoms with Crippen LogP contribution in [0.25, 0.3) is 0 Å². The zero-order valence-corrected chi connectivity index (χ0v) is 16.7. The summed E-state index contributed by atoms with van der Waals surface area (Å²) in [5.41, 5.74) is 1.85. The van der Waals surface area contributed by atoms with Crippen LogP contribution >= 0.6 is 0 Å². The summed E-state index contributed by atoms with van der Waals surface area (Å²) in [7, 11) is 0. The fourth-order valence-electron chi connectivity index (χ4n) is 3.95. The van der Waals surface area contributed by atoms with Crippen molar-refractivity contribution in [3.63, 3.8) is 0 Å². The van der Waals surface area contributed by atoms with E-state index in [0.29, 0.717) is 37.2 Å². The van der Waals surface area contributed by atoms with Crippen molar-refractivity contribution < 1.29 is 18.3 Å². The molecule has 8 nitrogen and oxygen atoms in total. The Labute approximate surface area is 172 Å². The summed E-state index contributed by atoms with van der Waals surface area (Å²) in [6.45, 7) is 3.86. The van der Waals surface area contributed by atoms with E-state index in [1.165, 1.54) is 6.92 Å². The number of hydrogen-bond acceptors (Lipinski definition) is 7. The van der Waals surface area contributed by atoms with Gasteiger partial charge in [-0.15, -0.1) is 0 Å². The van der Waals surface area contributed by atoms with Crippen LogP contribution in [0.4, 0.5) is 31.9 Å². The lowest BCUT2D eigenvalue weighted by Gasteiger charge is -2.28. The highest BCUT2D eigenvalue weighted by atomic mass is 19.3. The topological polar surface area (TPSA) is 92.3 Å². The number of carbonyl (C=O) groups is 1. The minimum atomic E-state index is -3.18. The fourth-order valence-corrected chi connectivity index (χ4v) is 3.95. The van der Waals surface area contributed by atoms with Gasteiger partial charge in [-0.05, 0) is 12.8 Å². The number of amides is 1. The Morgan fingerprint density at radius 3 is 2.63 bits per heavy atom. The fraction of sp³-hybridized carbons (Fsp3) is 0.500. The molecule has 30 heavy (non-hydrogen) atoms. The van der Waals surface area contributed by atoms with Gasteiger partial charge in [-0.25, -0.2) is 15.0 Å². The van der Waals surface area contributed by atoms with Gasteiger partial charge in [0.05, 0.1) is 24.9 Å². The Morgan fingerprint density at radius 1 is 1.27 bits per heavy atom. The summed E-state index contributed by atoms with van der Waals surface area (Å²) >= 11 is 0. The van der Waals surface area contributed by atoms with Gasteiger partial charge in [0.15, 0.2) is 0 Å². The van der Waals surface area contributed by atoms with E-state index in [4.69, 9.17) is 4.74 Å². The third kappa shape index (κ3) is 3.34. The molecule has 1 saturated carbocycles. The molecule has 0 unspecified atom stereocenters. The van der Waals surface area contributed by atoms with Crippen LogP contribution in [0.15, 0.2) is 18.3 Å². The highest BCUT2D eigenvalue weighted by Crippen LogP contribution is 2.58. The van der Waals surface area contributed by atoms with E-state index in [9.17, 15) is 13.6 Å². The number of halogens is 2. The second-order valence-corrected chi connectivity index (χ2v) is 8.34. The Kier molecular flexibility index (Phi) is 4.18. The highest BCUT2D eigenvalue weighted by molar-refractivity contribution is 5.89. The second-order valence-electron chi connectivity index (χ2n) is 8.34. The smallest absolute Gasteiger partial charge is 0.303 e. The van der Waals surface area contributed by atoms with Crippen LogP contribution < -0.4 is 15.5 Å². The molecule has 158 valence electrons. The van der Waals surface area contributed by atoms with Crippen molar-refractivity contribution in [3.05, 3.63) is 29.7 Å². The van der Waals surface area contributed by atoms with Gasteiger partial charge < -0.3 is 20.3 Å². The van der Waals surface area contributed by atoms with Gasteiger partial charge in [0, 0.05) is 49.7 Å². The number of alkyl halides is 2. The molecular formula is C20H22F2N6O2. The number of carbonyl (C=O) groups excluding carboxylic acids is 1. The van der Waals surface area contributed by atoms with Gasteiger partial charge in [-0.1, -0.05) is 0 Å². The highest BCUT2D eigenvalue weighted by Gasteiger charge is 2.53. The lowest BCUT2D eigenvalue weighted by atomic mass is 10.0. The summed E-state index contributed by atoms with van der Waals surface area (Å²) in [5, 5.41) is 5.83. The van der Waals surface area contributed by atoms with Gasteiger partial charge >= 0.3 is 5.92 Å². The molecule has 0 bridgehead atoms. The molecule has 0 atom stereocenters. The first-order chi connectivity index (χ1) is 14.2. The molecular weight excluding hydrogens is 394 g/mol. The quantitative estimate of drug-likeness (QED) is 0.774. The molecule has 1 amide bonds. The maximum atomic E-state index is 14.1. The zero-order valence-electron chi connectivity index (χ0n) is 16.7. The summed E-state index contributed by atoms with van der Waals surface area (Å²) in [6, 6.07) is 3.52. The van der Waals surface area contributed by atoms with Gasteiger partial charge in [0.1, 0.15) is 17.5 Å². The minimum absolute atomic E-state index is 0.0354. The largest absolute Gasteiger partial charge is 0.377 e. The van der Waals surface area contributed by atoms with Gasteiger partial charge in [-0.2, -0.15) is 8.78 Å². The molecule has 4 heterocycles. The van der Waals surface area contributed by atoms with Gasteiger partial charge in [-0.3, -0.25) is 4.79 Å². The summed E-state index contributed by atoms with van der Waals surface area (Å²) in [6.07, 6.45) is 3.78. The molecule has 2 aromatic heterocycles. The van der Waals surface area contributed by atoms with Crippen LogP contribution in [0.5, 0.6) is 0 Å². The van der Waals surface area contributed by atoms with Crippen LogP contribution in [0.3, 0.4) is 0 Å². The molecule has 2 aromatic rings. The molecule has 1 aliphatic carbocycles. The van der Waals surface area contributed by atoms with E-state index in [2.05, 4.69) is 25.6 Å². The SMILES string of the molecule is CC(=O)Nc1cc2c(cn1)C1(CC1)CN2c1cc(NC2COC2)nc(C(C)(F)F)n1. The molecule has 2 aliphatic heterocycles. The number of rotatable bonds is 5. The minimum Gasteiger partial charge on any atom is -0.377 e. The average Bonchev–Trinajstić information content (AvgIpc) is 3.34. The third-order valence-corrected chi connectivity index (χ3v) is 5.73. The summed E-state index contributed by atoms with van der Waals surface area (Å²) in [4.78, 5) is 26.0. The van der Waals surface area contributed by atoms with Crippen LogP contribution in [0, 0.1) is 0 Å². The van der Waals surface area contributed by atoms with Crippen molar-refractivity contribution in [3.8, 4) is 0 Å². The van der Waals surface area contributed by atoms with E-state index >= 15 is 0 Å². The number of ether oxygens (including phenoxy) is 1. The van der Waals surface area contributed by atoms with Crippen LogP contribution in [-0.2, 0) is 20.9 Å². The number of aromatic nitrogens is 3. The number of anilines is 4. The monoisotopic (exact) mass is 416 g/mol. The molecule has 1 saturated heterocycles. The molecule has 10 heteroatoms. The van der Waals surface area contributed by atoms with Crippen molar-refractivity contribution in [2.75, 3.05) is 35.3 Å². The standard InChI is InChI=1S/C20H22F2N6O2/c1-11(29)24-15-5-14-13(7-23-15)20(3-4-20)10-28(14)17-6-16(25-12-8-30-9-12)26-18(27-17)19(2,21)22/h5-7,12H,3-4,8-10H2,1-2H3,(H,23,24,29)(H,25,26,27). The number of hydrogen-bond donors (Lipinski definition) is 2. The first-order valence-electron chi connectivity index (χ1n) is 9.91. The summed E-state index contributed by atoms with van der Waals surface area (Å²) < 4.78 is 33.5. The molecule has 2 fully saturated rings. The van der Waals surface area contributed by atoms with Gasteiger partial charge in [0.2, 0.25) is 11.7 Å². The molecule has 2 N–H and O–H groups in total. The maximum absolute atomic E-state index is 14.1. The van der Waals surface area contributed by atoms with E-state index < -0.39 is 11.7 Å². The molecule has 1 spiro atoms. The Morgan fingerprint density at radius 2 is 2.03 bits per heavy atom. The number of pyridine rings is 1. The molecule has 3 aliphatic rings. The molecule has 0 radical (unpaired) electrons. The Hall–Kier alpha value is -2.88. The van der Waals surface area contributed by atoms with E-state index in [1.54, 1.807) is 18.3 Å². The normalized spacial score (nSPS) is 19.4. The van der Waals surface area contributed by atoms with Crippen molar-refractivity contribution in [1.29, 1.82) is 0 Å². The van der Waals surface area contributed by atoms with Crippen LogP contribution in [-0.4, -0.2) is 46.7 Å². The zero-order chi connectivity index (χ0) is 21.1. The molecule has 5 rings (SSSR count). The van der Waals surface area contributed by atoms with Crippen molar-refractivity contribution >= 4 is 29.0 Å². The number of nitrogens with zero attached hydrogens (tertiary/aromatic N) is 4. The van der Waals surface area contributed by atoms with E-state index in [1.807, 2.05) is 4.90 Å². The van der Waals surface area contributed by atoms with Crippen molar-refractivity contribution in [1.82, 2.24) is 15.0 Å². The Balaban J connectivity index is 1.56. The van der Waals surface area contributed by atoms with E-state index in [-0.39, 0.29) is 17.4 Å². The number of fused-ring (bicyclic) bond motifs is 2. The second kappa shape index (κ2) is 6.56. The maximum Gasteiger partial charge on any atom is 0.303 e. The van der Waals surface area contributed by atoms with Crippen molar-refractivity contribution in [2.45, 2.75) is 44.1 Å². The third-order valence-electron chi connectivity index (χ3n) is 5.73. The van der Waals surface area contributed by atoms with Gasteiger partial charge in [0.25, 0.3) is 0 Å². The number of nitrogens with one attached hydrogen (secondary N) is 2. The predicted octanol–water partition coefficient (Wildman–Crippen LogP) is 2.94. The lowest BCUT2D eigenvalue weighted by Crippen LogP contribution is -2.40. The molecule has 0 aromatic carbocycles. The first kappa shape index (κ1) is 19.1. The van der Waals surface area contributed by atoms with Crippen LogP contribution in [0.2, 0.25) is 0 Å². The van der Waals surface area contributed by atoms with Crippen LogP contribution in [0.1, 0.15) is 38.1 Å². The lowest BCUT2D eigenvalue weighted by molar-refractivity contribution is -0.114. The van der Waals surface area contributed by atoms with Crippen molar-refractivity contribution in [2.24, 2.45) is 0 Å².